The van der Waals surface area contributed by atoms with Gasteiger partial charge >= 0.3 is 0 Å². The molecule has 1 saturated heterocycles. The molecule has 0 bridgehead atoms. The van der Waals surface area contributed by atoms with Crippen LogP contribution in [-0.4, -0.2) is 76.4 Å². The number of nitrogens with zero attached hydrogens (tertiary/aromatic N) is 5. The molecule has 6 rings (SSSR count). The fraction of sp³-hybridized carbons (Fsp3) is 0.348. The molecule has 158 valence electrons. The SMILES string of the molecule is CN1CCN(c2cncc3[nH]c(-c4n[nH]c5ccc(C6=CCNCC6)nc45)cc23)CC1. The maximum absolute atomic E-state index is 4.98. The van der Waals surface area contributed by atoms with Crippen LogP contribution in [0.1, 0.15) is 12.1 Å². The van der Waals surface area contributed by atoms with Gasteiger partial charge in [-0.15, -0.1) is 0 Å². The van der Waals surface area contributed by atoms with Crippen molar-refractivity contribution in [1.29, 1.82) is 0 Å². The van der Waals surface area contributed by atoms with Crippen LogP contribution in [0.4, 0.5) is 5.69 Å². The van der Waals surface area contributed by atoms with Crippen LogP contribution in [0, 0.1) is 0 Å². The minimum Gasteiger partial charge on any atom is -0.367 e. The number of piperazine rings is 1. The van der Waals surface area contributed by atoms with Gasteiger partial charge in [0.1, 0.15) is 11.2 Å². The molecule has 4 aromatic rings. The van der Waals surface area contributed by atoms with Crippen LogP contribution in [-0.2, 0) is 0 Å². The smallest absolute Gasteiger partial charge is 0.135 e. The third-order valence-electron chi connectivity index (χ3n) is 6.42. The third-order valence-corrected chi connectivity index (χ3v) is 6.42. The summed E-state index contributed by atoms with van der Waals surface area (Å²) in [5.74, 6) is 0. The Hall–Kier alpha value is -3.23. The van der Waals surface area contributed by atoms with Crippen molar-refractivity contribution in [1.82, 2.24) is 35.4 Å². The summed E-state index contributed by atoms with van der Waals surface area (Å²) in [4.78, 5) is 17.8. The minimum atomic E-state index is 0.854. The quantitative estimate of drug-likeness (QED) is 0.478. The first kappa shape index (κ1) is 18.5. The van der Waals surface area contributed by atoms with E-state index >= 15 is 0 Å². The van der Waals surface area contributed by atoms with Crippen LogP contribution in [0.3, 0.4) is 0 Å². The summed E-state index contributed by atoms with van der Waals surface area (Å²) in [5.41, 5.74) is 8.21. The number of pyridine rings is 2. The van der Waals surface area contributed by atoms with Crippen molar-refractivity contribution in [3.05, 3.63) is 42.4 Å². The van der Waals surface area contributed by atoms with Crippen molar-refractivity contribution in [2.24, 2.45) is 0 Å². The van der Waals surface area contributed by atoms with Gasteiger partial charge < -0.3 is 20.1 Å². The van der Waals surface area contributed by atoms with Crippen LogP contribution in [0.25, 0.3) is 38.9 Å². The number of aromatic amines is 2. The van der Waals surface area contributed by atoms with E-state index in [2.05, 4.69) is 66.6 Å². The normalized spacial score (nSPS) is 18.1. The van der Waals surface area contributed by atoms with Gasteiger partial charge in [-0.3, -0.25) is 10.1 Å². The highest BCUT2D eigenvalue weighted by Gasteiger charge is 2.20. The molecule has 0 saturated carbocycles. The third kappa shape index (κ3) is 3.28. The molecule has 0 amide bonds. The van der Waals surface area contributed by atoms with E-state index in [0.717, 1.165) is 79.3 Å². The first-order valence-electron chi connectivity index (χ1n) is 10.9. The number of fused-ring (bicyclic) bond motifs is 2. The van der Waals surface area contributed by atoms with Gasteiger partial charge in [0.2, 0.25) is 0 Å². The van der Waals surface area contributed by atoms with Gasteiger partial charge in [-0.2, -0.15) is 5.10 Å². The van der Waals surface area contributed by atoms with Gasteiger partial charge in [-0.1, -0.05) is 6.08 Å². The number of likely N-dealkylation sites (N-methyl/N-ethyl adjacent to an activating group) is 1. The summed E-state index contributed by atoms with van der Waals surface area (Å²) in [6.07, 6.45) is 7.10. The fourth-order valence-corrected chi connectivity index (χ4v) is 4.58. The molecule has 8 nitrogen and oxygen atoms in total. The van der Waals surface area contributed by atoms with E-state index in [1.54, 1.807) is 0 Å². The molecule has 4 aromatic heterocycles. The Balaban J connectivity index is 1.42. The lowest BCUT2D eigenvalue weighted by atomic mass is 10.0. The van der Waals surface area contributed by atoms with Crippen molar-refractivity contribution in [2.45, 2.75) is 6.42 Å². The van der Waals surface area contributed by atoms with E-state index in [9.17, 15) is 0 Å². The lowest BCUT2D eigenvalue weighted by Gasteiger charge is -2.34. The Labute approximate surface area is 180 Å². The van der Waals surface area contributed by atoms with E-state index in [1.165, 1.54) is 16.6 Å². The van der Waals surface area contributed by atoms with E-state index < -0.39 is 0 Å². The Morgan fingerprint density at radius 2 is 1.94 bits per heavy atom. The van der Waals surface area contributed by atoms with Crippen molar-refractivity contribution >= 4 is 33.2 Å². The zero-order chi connectivity index (χ0) is 20.8. The molecule has 2 aliphatic heterocycles. The zero-order valence-corrected chi connectivity index (χ0v) is 17.6. The molecule has 0 aliphatic carbocycles. The first-order chi connectivity index (χ1) is 15.3. The second kappa shape index (κ2) is 7.47. The molecular formula is C23H26N8. The van der Waals surface area contributed by atoms with E-state index in [1.807, 2.05) is 12.4 Å². The Morgan fingerprint density at radius 1 is 1.03 bits per heavy atom. The molecule has 0 atom stereocenters. The molecule has 8 heteroatoms. The van der Waals surface area contributed by atoms with Crippen molar-refractivity contribution < 1.29 is 0 Å². The number of H-pyrrole nitrogens is 2. The molecular weight excluding hydrogens is 388 g/mol. The summed E-state index contributed by atoms with van der Waals surface area (Å²) in [5, 5.41) is 12.3. The summed E-state index contributed by atoms with van der Waals surface area (Å²) >= 11 is 0. The fourth-order valence-electron chi connectivity index (χ4n) is 4.58. The average Bonchev–Trinajstić information content (AvgIpc) is 3.43. The van der Waals surface area contributed by atoms with Crippen molar-refractivity contribution in [3.8, 4) is 11.4 Å². The van der Waals surface area contributed by atoms with Gasteiger partial charge in [-0.05, 0) is 43.8 Å². The standard InChI is InChI=1S/C23H26N8/c1-30-8-10-31(11-9-30)21-14-25-13-20-16(21)12-19(26-20)23-22-18(28-29-23)3-2-17(27-22)15-4-6-24-7-5-15/h2-4,12-14,24,26H,5-11H2,1H3,(H,28,29). The molecule has 0 spiro atoms. The van der Waals surface area contributed by atoms with Crippen LogP contribution in [0.5, 0.6) is 0 Å². The lowest BCUT2D eigenvalue weighted by molar-refractivity contribution is 0.313. The summed E-state index contributed by atoms with van der Waals surface area (Å²) < 4.78 is 0. The number of hydrogen-bond donors (Lipinski definition) is 3. The summed E-state index contributed by atoms with van der Waals surface area (Å²) in [6, 6.07) is 6.36. The highest BCUT2D eigenvalue weighted by atomic mass is 15.3. The largest absolute Gasteiger partial charge is 0.367 e. The van der Waals surface area contributed by atoms with Gasteiger partial charge in [0.05, 0.1) is 40.5 Å². The number of hydrogen-bond acceptors (Lipinski definition) is 6. The van der Waals surface area contributed by atoms with E-state index in [0.29, 0.717) is 0 Å². The Kier molecular flexibility index (Phi) is 4.47. The number of anilines is 1. The molecule has 0 radical (unpaired) electrons. The van der Waals surface area contributed by atoms with Gasteiger partial charge in [0.15, 0.2) is 0 Å². The maximum Gasteiger partial charge on any atom is 0.135 e. The van der Waals surface area contributed by atoms with Gasteiger partial charge in [0, 0.05) is 38.1 Å². The topological polar surface area (TPSA) is 88.8 Å². The Morgan fingerprint density at radius 3 is 2.77 bits per heavy atom. The van der Waals surface area contributed by atoms with E-state index in [-0.39, 0.29) is 0 Å². The number of rotatable bonds is 3. The summed E-state index contributed by atoms with van der Waals surface area (Å²) in [7, 11) is 2.17. The maximum atomic E-state index is 4.98. The molecule has 0 aromatic carbocycles. The minimum absolute atomic E-state index is 0.854. The van der Waals surface area contributed by atoms with Gasteiger partial charge in [0.25, 0.3) is 0 Å². The molecule has 2 aliphatic rings. The van der Waals surface area contributed by atoms with Crippen LogP contribution < -0.4 is 10.2 Å². The predicted octanol–water partition coefficient (Wildman–Crippen LogP) is 2.63. The highest BCUT2D eigenvalue weighted by molar-refractivity contribution is 5.98. The first-order valence-corrected chi connectivity index (χ1v) is 10.9. The molecule has 0 unspecified atom stereocenters. The van der Waals surface area contributed by atoms with Crippen LogP contribution in [0.2, 0.25) is 0 Å². The van der Waals surface area contributed by atoms with Gasteiger partial charge in [-0.25, -0.2) is 4.98 Å². The molecule has 3 N–H and O–H groups in total. The molecule has 31 heavy (non-hydrogen) atoms. The highest BCUT2D eigenvalue weighted by Crippen LogP contribution is 2.33. The number of nitrogens with one attached hydrogen (secondary N) is 3. The average molecular weight is 415 g/mol. The molecule has 1 fully saturated rings. The van der Waals surface area contributed by atoms with Crippen LogP contribution >= 0.6 is 0 Å². The molecule has 6 heterocycles. The zero-order valence-electron chi connectivity index (χ0n) is 17.6. The number of aromatic nitrogens is 5. The second-order valence-electron chi connectivity index (χ2n) is 8.44. The predicted molar refractivity (Wildman–Crippen MR) is 124 cm³/mol. The second-order valence-corrected chi connectivity index (χ2v) is 8.44. The van der Waals surface area contributed by atoms with Crippen LogP contribution in [0.15, 0.2) is 36.7 Å². The lowest BCUT2D eigenvalue weighted by Crippen LogP contribution is -2.44. The van der Waals surface area contributed by atoms with Crippen molar-refractivity contribution in [2.75, 3.05) is 51.2 Å². The Bertz CT molecular complexity index is 1280. The summed E-state index contributed by atoms with van der Waals surface area (Å²) in [6.45, 7) is 6.05. The monoisotopic (exact) mass is 414 g/mol. The van der Waals surface area contributed by atoms with E-state index in [4.69, 9.17) is 4.98 Å². The van der Waals surface area contributed by atoms with Crippen molar-refractivity contribution in [3.63, 3.8) is 0 Å².